The summed E-state index contributed by atoms with van der Waals surface area (Å²) in [4.78, 5) is 14.7. The quantitative estimate of drug-likeness (QED) is 0.782. The first-order valence-corrected chi connectivity index (χ1v) is 12.0. The molecule has 2 aliphatic heterocycles. The number of rotatable bonds is 3. The van der Waals surface area contributed by atoms with Crippen LogP contribution in [0.4, 0.5) is 0 Å². The highest BCUT2D eigenvalue weighted by molar-refractivity contribution is 5.93. The molecule has 3 aliphatic rings. The van der Waals surface area contributed by atoms with Crippen LogP contribution in [0.25, 0.3) is 0 Å². The number of likely N-dealkylation sites (tertiary alicyclic amines) is 1. The Kier molecular flexibility index (Phi) is 6.10. The van der Waals surface area contributed by atoms with Crippen molar-refractivity contribution in [2.45, 2.75) is 68.9 Å². The predicted molar refractivity (Wildman–Crippen MR) is 120 cm³/mol. The third-order valence-electron chi connectivity index (χ3n) is 7.46. The summed E-state index contributed by atoms with van der Waals surface area (Å²) in [5.74, 6) is 1.15. The van der Waals surface area contributed by atoms with E-state index < -0.39 is 0 Å². The summed E-state index contributed by atoms with van der Waals surface area (Å²) in [6.07, 6.45) is 10.5. The second-order valence-corrected chi connectivity index (χ2v) is 9.65. The van der Waals surface area contributed by atoms with Gasteiger partial charge in [0.05, 0.1) is 6.04 Å². The molecule has 6 heteroatoms. The molecule has 2 aromatic rings. The molecule has 1 unspecified atom stereocenters. The fraction of sp³-hybridized carbons (Fsp3) is 0.600. The smallest absolute Gasteiger partial charge is 0.276 e. The maximum atomic E-state index is 12.8. The van der Waals surface area contributed by atoms with Gasteiger partial charge in [-0.15, -0.1) is 0 Å². The number of hydrogen-bond acceptors (Lipinski definition) is 5. The van der Waals surface area contributed by atoms with Crippen LogP contribution in [0.15, 0.2) is 40.9 Å². The van der Waals surface area contributed by atoms with Crippen LogP contribution in [0.3, 0.4) is 0 Å². The van der Waals surface area contributed by atoms with Crippen LogP contribution in [0.2, 0.25) is 0 Å². The number of amides is 1. The van der Waals surface area contributed by atoms with Crippen LogP contribution in [-0.4, -0.2) is 47.7 Å². The van der Waals surface area contributed by atoms with Crippen LogP contribution >= 0.6 is 0 Å². The standard InChI is InChI=1S/C25H34N4O2/c30-24(29-16-20(17-29)19-10-6-5-7-11-19)21-14-23(31-28-21)22-15-27-25(18-26-22)12-8-3-1-2-4-9-13-25/h5-7,10-11,14,20,22,26-27H,1-4,8-9,12-13,15-18H2. The number of carbonyl (C=O) groups excluding carboxylic acids is 1. The summed E-state index contributed by atoms with van der Waals surface area (Å²) in [6.45, 7) is 3.27. The van der Waals surface area contributed by atoms with Crippen molar-refractivity contribution in [3.63, 3.8) is 0 Å². The Labute approximate surface area is 184 Å². The minimum absolute atomic E-state index is 0.0290. The van der Waals surface area contributed by atoms with Crippen LogP contribution in [0, 0.1) is 0 Å². The summed E-state index contributed by atoms with van der Waals surface area (Å²) in [7, 11) is 0. The lowest BCUT2D eigenvalue weighted by Gasteiger charge is -2.42. The summed E-state index contributed by atoms with van der Waals surface area (Å²) in [6, 6.07) is 12.3. The Bertz CT molecular complexity index is 855. The Balaban J connectivity index is 1.15. The fourth-order valence-electron chi connectivity index (χ4n) is 5.38. The number of nitrogens with zero attached hydrogens (tertiary/aromatic N) is 2. The third-order valence-corrected chi connectivity index (χ3v) is 7.46. The zero-order valence-electron chi connectivity index (χ0n) is 18.3. The first kappa shape index (κ1) is 20.7. The minimum atomic E-state index is -0.0290. The van der Waals surface area contributed by atoms with Gasteiger partial charge in [0.1, 0.15) is 0 Å². The van der Waals surface area contributed by atoms with E-state index in [1.54, 1.807) is 0 Å². The molecule has 31 heavy (non-hydrogen) atoms. The van der Waals surface area contributed by atoms with E-state index in [0.717, 1.165) is 31.9 Å². The highest BCUT2D eigenvalue weighted by Gasteiger charge is 2.37. The molecule has 1 aliphatic carbocycles. The zero-order chi connectivity index (χ0) is 21.1. The van der Waals surface area contributed by atoms with Gasteiger partial charge >= 0.3 is 0 Å². The predicted octanol–water partition coefficient (Wildman–Crippen LogP) is 4.02. The second kappa shape index (κ2) is 9.13. The molecular formula is C25H34N4O2. The van der Waals surface area contributed by atoms with E-state index in [0.29, 0.717) is 11.6 Å². The fourth-order valence-corrected chi connectivity index (χ4v) is 5.38. The average Bonchev–Trinajstić information content (AvgIpc) is 3.29. The molecule has 0 bridgehead atoms. The minimum Gasteiger partial charge on any atom is -0.359 e. The zero-order valence-corrected chi connectivity index (χ0v) is 18.3. The van der Waals surface area contributed by atoms with Crippen molar-refractivity contribution >= 4 is 5.91 Å². The van der Waals surface area contributed by atoms with E-state index in [-0.39, 0.29) is 17.5 Å². The normalized spacial score (nSPS) is 24.8. The molecule has 166 valence electrons. The van der Waals surface area contributed by atoms with Crippen LogP contribution < -0.4 is 10.6 Å². The molecule has 2 N–H and O–H groups in total. The molecule has 1 aromatic heterocycles. The summed E-state index contributed by atoms with van der Waals surface area (Å²) < 4.78 is 5.60. The summed E-state index contributed by atoms with van der Waals surface area (Å²) in [5.41, 5.74) is 1.93. The van der Waals surface area contributed by atoms with Gasteiger partial charge in [0.25, 0.3) is 5.91 Å². The van der Waals surface area contributed by atoms with Crippen molar-refractivity contribution in [1.29, 1.82) is 0 Å². The second-order valence-electron chi connectivity index (χ2n) is 9.65. The van der Waals surface area contributed by atoms with Gasteiger partial charge in [0, 0.05) is 43.7 Å². The Hall–Kier alpha value is -2.18. The molecule has 0 radical (unpaired) electrons. The third kappa shape index (κ3) is 4.55. The van der Waals surface area contributed by atoms with Crippen molar-refractivity contribution in [2.75, 3.05) is 26.2 Å². The summed E-state index contributed by atoms with van der Waals surface area (Å²) >= 11 is 0. The first-order chi connectivity index (χ1) is 15.2. The number of piperazine rings is 1. The largest absolute Gasteiger partial charge is 0.359 e. The van der Waals surface area contributed by atoms with Gasteiger partial charge < -0.3 is 20.1 Å². The molecule has 5 rings (SSSR count). The molecule has 1 amide bonds. The topological polar surface area (TPSA) is 70.4 Å². The van der Waals surface area contributed by atoms with E-state index in [1.807, 2.05) is 17.0 Å². The number of aromatic nitrogens is 1. The number of hydrogen-bond donors (Lipinski definition) is 2. The molecule has 2 saturated heterocycles. The Morgan fingerprint density at radius 2 is 1.74 bits per heavy atom. The van der Waals surface area contributed by atoms with Crippen molar-refractivity contribution in [3.05, 3.63) is 53.4 Å². The van der Waals surface area contributed by atoms with Crippen LogP contribution in [0.5, 0.6) is 0 Å². The lowest BCUT2D eigenvalue weighted by molar-refractivity contribution is 0.0591. The molecular weight excluding hydrogens is 388 g/mol. The average molecular weight is 423 g/mol. The van der Waals surface area contributed by atoms with Crippen molar-refractivity contribution in [3.8, 4) is 0 Å². The van der Waals surface area contributed by atoms with Crippen LogP contribution in [0.1, 0.15) is 85.1 Å². The van der Waals surface area contributed by atoms with Gasteiger partial charge in [0.2, 0.25) is 0 Å². The molecule has 3 heterocycles. The van der Waals surface area contributed by atoms with E-state index in [9.17, 15) is 4.79 Å². The lowest BCUT2D eigenvalue weighted by atomic mass is 9.85. The van der Waals surface area contributed by atoms with E-state index in [2.05, 4.69) is 40.1 Å². The highest BCUT2D eigenvalue weighted by Crippen LogP contribution is 2.31. The van der Waals surface area contributed by atoms with Crippen molar-refractivity contribution < 1.29 is 9.32 Å². The molecule has 3 fully saturated rings. The Morgan fingerprint density at radius 1 is 1.03 bits per heavy atom. The first-order valence-electron chi connectivity index (χ1n) is 12.0. The van der Waals surface area contributed by atoms with E-state index in [1.165, 1.54) is 56.9 Å². The molecule has 1 aromatic carbocycles. The van der Waals surface area contributed by atoms with Gasteiger partial charge in [-0.2, -0.15) is 0 Å². The Morgan fingerprint density at radius 3 is 2.42 bits per heavy atom. The molecule has 1 spiro atoms. The maximum Gasteiger partial charge on any atom is 0.276 e. The summed E-state index contributed by atoms with van der Waals surface area (Å²) in [5, 5.41) is 11.6. The molecule has 1 atom stereocenters. The van der Waals surface area contributed by atoms with E-state index in [4.69, 9.17) is 4.52 Å². The highest BCUT2D eigenvalue weighted by atomic mass is 16.5. The monoisotopic (exact) mass is 422 g/mol. The van der Waals surface area contributed by atoms with Gasteiger partial charge in [-0.05, 0) is 18.4 Å². The van der Waals surface area contributed by atoms with Gasteiger partial charge in [0.15, 0.2) is 11.5 Å². The van der Waals surface area contributed by atoms with Crippen molar-refractivity contribution in [1.82, 2.24) is 20.7 Å². The molecule has 6 nitrogen and oxygen atoms in total. The number of carbonyl (C=O) groups is 1. The number of benzene rings is 1. The van der Waals surface area contributed by atoms with Gasteiger partial charge in [-0.1, -0.05) is 74.0 Å². The number of nitrogens with one attached hydrogen (secondary N) is 2. The van der Waals surface area contributed by atoms with Crippen LogP contribution in [-0.2, 0) is 0 Å². The lowest BCUT2D eigenvalue weighted by Crippen LogP contribution is -2.60. The van der Waals surface area contributed by atoms with E-state index >= 15 is 0 Å². The SMILES string of the molecule is O=C(c1cc(C2CNC3(CCCCCCCC3)CN2)on1)N1CC(c2ccccc2)C1. The van der Waals surface area contributed by atoms with Gasteiger partial charge in [-0.25, -0.2) is 0 Å². The molecule has 1 saturated carbocycles. The van der Waals surface area contributed by atoms with Gasteiger partial charge in [-0.3, -0.25) is 4.79 Å². The maximum absolute atomic E-state index is 12.8. The van der Waals surface area contributed by atoms with Crippen molar-refractivity contribution in [2.24, 2.45) is 0 Å².